The summed E-state index contributed by atoms with van der Waals surface area (Å²) in [6, 6.07) is 1.99. The summed E-state index contributed by atoms with van der Waals surface area (Å²) in [5.41, 5.74) is 3.11. The molecule has 1 unspecified atom stereocenters. The second-order valence-electron chi connectivity index (χ2n) is 4.74. The monoisotopic (exact) mass is 265 g/mol. The van der Waals surface area contributed by atoms with Crippen molar-refractivity contribution >= 4 is 22.8 Å². The van der Waals surface area contributed by atoms with Crippen molar-refractivity contribution in [3.8, 4) is 0 Å². The Kier molecular flexibility index (Phi) is 4.23. The maximum Gasteiger partial charge on any atom is 0.160 e. The molecule has 18 heavy (non-hydrogen) atoms. The Hall–Kier alpha value is -1.09. The zero-order valence-electron chi connectivity index (χ0n) is 11.3. The van der Waals surface area contributed by atoms with E-state index in [2.05, 4.69) is 28.4 Å². The molecule has 2 heterocycles. The molecule has 0 N–H and O–H groups in total. The van der Waals surface area contributed by atoms with Crippen molar-refractivity contribution in [3.63, 3.8) is 0 Å². The van der Waals surface area contributed by atoms with Gasteiger partial charge < -0.3 is 4.57 Å². The maximum atomic E-state index is 6.23. The second kappa shape index (κ2) is 5.70. The first-order valence-electron chi connectivity index (χ1n) is 6.61. The number of aromatic nitrogens is 3. The summed E-state index contributed by atoms with van der Waals surface area (Å²) >= 11 is 6.23. The molecule has 98 valence electrons. The minimum Gasteiger partial charge on any atom is -0.311 e. The van der Waals surface area contributed by atoms with Gasteiger partial charge in [0.1, 0.15) is 11.3 Å². The van der Waals surface area contributed by atoms with Gasteiger partial charge in [-0.25, -0.2) is 9.97 Å². The molecule has 0 aliphatic carbocycles. The smallest absolute Gasteiger partial charge is 0.160 e. The Morgan fingerprint density at radius 2 is 2.17 bits per heavy atom. The highest BCUT2D eigenvalue weighted by Crippen LogP contribution is 2.25. The highest BCUT2D eigenvalue weighted by Gasteiger charge is 2.16. The van der Waals surface area contributed by atoms with Crippen molar-refractivity contribution in [2.24, 2.45) is 0 Å². The molecule has 0 aliphatic rings. The first kappa shape index (κ1) is 13.3. The summed E-state index contributed by atoms with van der Waals surface area (Å²) in [6.07, 6.45) is 5.43. The van der Waals surface area contributed by atoms with E-state index in [9.17, 15) is 0 Å². The van der Waals surface area contributed by atoms with E-state index < -0.39 is 0 Å². The van der Waals surface area contributed by atoms with Crippen LogP contribution < -0.4 is 0 Å². The molecule has 2 aromatic heterocycles. The van der Waals surface area contributed by atoms with Gasteiger partial charge in [0.05, 0.1) is 5.38 Å². The van der Waals surface area contributed by atoms with Crippen molar-refractivity contribution in [1.82, 2.24) is 14.5 Å². The SMILES string of the molecule is CCCCCn1c(C(C)Cl)nc2c(C)ccnc21. The lowest BCUT2D eigenvalue weighted by molar-refractivity contribution is 0.588. The fraction of sp³-hybridized carbons (Fsp3) is 0.571. The van der Waals surface area contributed by atoms with Crippen molar-refractivity contribution in [1.29, 1.82) is 0 Å². The number of hydrogen-bond donors (Lipinski definition) is 0. The number of aryl methyl sites for hydroxylation is 2. The molecule has 2 aromatic rings. The molecule has 0 saturated carbocycles. The van der Waals surface area contributed by atoms with Gasteiger partial charge >= 0.3 is 0 Å². The van der Waals surface area contributed by atoms with Crippen molar-refractivity contribution < 1.29 is 0 Å². The number of imidazole rings is 1. The van der Waals surface area contributed by atoms with Crippen LogP contribution in [0.1, 0.15) is 49.9 Å². The third-order valence-electron chi connectivity index (χ3n) is 3.21. The molecule has 0 spiro atoms. The van der Waals surface area contributed by atoms with Gasteiger partial charge in [-0.2, -0.15) is 0 Å². The van der Waals surface area contributed by atoms with E-state index in [0.717, 1.165) is 35.5 Å². The van der Waals surface area contributed by atoms with Gasteiger partial charge in [0, 0.05) is 12.7 Å². The van der Waals surface area contributed by atoms with Gasteiger partial charge in [0.2, 0.25) is 0 Å². The molecule has 0 aliphatic heterocycles. The fourth-order valence-corrected chi connectivity index (χ4v) is 2.37. The van der Waals surface area contributed by atoms with Crippen LogP contribution >= 0.6 is 11.6 Å². The molecule has 0 amide bonds. The van der Waals surface area contributed by atoms with Crippen LogP contribution in [0.25, 0.3) is 11.2 Å². The highest BCUT2D eigenvalue weighted by atomic mass is 35.5. The number of hydrogen-bond acceptors (Lipinski definition) is 2. The number of rotatable bonds is 5. The standard InChI is InChI=1S/C14H20ClN3/c1-4-5-6-9-18-13(11(3)15)17-12-10(2)7-8-16-14(12)18/h7-8,11H,4-6,9H2,1-3H3. The molecular weight excluding hydrogens is 246 g/mol. The molecule has 0 radical (unpaired) electrons. The van der Waals surface area contributed by atoms with Crippen LogP contribution in [-0.4, -0.2) is 14.5 Å². The predicted octanol–water partition coefficient (Wildman–Crippen LogP) is 4.23. The molecule has 0 bridgehead atoms. The van der Waals surface area contributed by atoms with Gasteiger partial charge in [-0.15, -0.1) is 11.6 Å². The number of nitrogens with zero attached hydrogens (tertiary/aromatic N) is 3. The van der Waals surface area contributed by atoms with Crippen LogP contribution in [0, 0.1) is 6.92 Å². The van der Waals surface area contributed by atoms with Crippen LogP contribution in [-0.2, 0) is 6.54 Å². The fourth-order valence-electron chi connectivity index (χ4n) is 2.20. The Morgan fingerprint density at radius 3 is 2.83 bits per heavy atom. The minimum atomic E-state index is -0.0831. The first-order chi connectivity index (χ1) is 8.65. The largest absolute Gasteiger partial charge is 0.311 e. The van der Waals surface area contributed by atoms with Gasteiger partial charge in [0.25, 0.3) is 0 Å². The Morgan fingerprint density at radius 1 is 1.39 bits per heavy atom. The molecule has 3 nitrogen and oxygen atoms in total. The number of alkyl halides is 1. The van der Waals surface area contributed by atoms with Crippen LogP contribution in [0.3, 0.4) is 0 Å². The van der Waals surface area contributed by atoms with E-state index in [1.807, 2.05) is 19.2 Å². The summed E-state index contributed by atoms with van der Waals surface area (Å²) in [5.74, 6) is 0.935. The summed E-state index contributed by atoms with van der Waals surface area (Å²) < 4.78 is 2.18. The molecule has 2 rings (SSSR count). The average molecular weight is 266 g/mol. The molecular formula is C14H20ClN3. The number of pyridine rings is 1. The maximum absolute atomic E-state index is 6.23. The van der Waals surface area contributed by atoms with E-state index in [0.29, 0.717) is 0 Å². The Bertz CT molecular complexity index is 531. The Balaban J connectivity index is 2.46. The van der Waals surface area contributed by atoms with Gasteiger partial charge in [-0.05, 0) is 31.9 Å². The van der Waals surface area contributed by atoms with Crippen LogP contribution in [0.5, 0.6) is 0 Å². The lowest BCUT2D eigenvalue weighted by Gasteiger charge is -2.09. The van der Waals surface area contributed by atoms with E-state index >= 15 is 0 Å². The zero-order valence-corrected chi connectivity index (χ0v) is 12.0. The summed E-state index contributed by atoms with van der Waals surface area (Å²) in [6.45, 7) is 7.19. The van der Waals surface area contributed by atoms with Crippen LogP contribution in [0.2, 0.25) is 0 Å². The molecule has 4 heteroatoms. The van der Waals surface area contributed by atoms with Crippen LogP contribution in [0.15, 0.2) is 12.3 Å². The normalized spacial score (nSPS) is 13.1. The van der Waals surface area contributed by atoms with Crippen LogP contribution in [0.4, 0.5) is 0 Å². The summed E-state index contributed by atoms with van der Waals surface area (Å²) in [7, 11) is 0. The third kappa shape index (κ3) is 2.51. The molecule has 0 aromatic carbocycles. The number of halogens is 1. The topological polar surface area (TPSA) is 30.7 Å². The van der Waals surface area contributed by atoms with Gasteiger partial charge in [-0.1, -0.05) is 19.8 Å². The second-order valence-corrected chi connectivity index (χ2v) is 5.40. The van der Waals surface area contributed by atoms with Crippen molar-refractivity contribution in [3.05, 3.63) is 23.7 Å². The average Bonchev–Trinajstić information content (AvgIpc) is 2.70. The lowest BCUT2D eigenvalue weighted by atomic mass is 10.2. The minimum absolute atomic E-state index is 0.0831. The molecule has 0 fully saturated rings. The third-order valence-corrected chi connectivity index (χ3v) is 3.40. The summed E-state index contributed by atoms with van der Waals surface area (Å²) in [5, 5.41) is -0.0831. The van der Waals surface area contributed by atoms with Gasteiger partial charge in [0.15, 0.2) is 5.65 Å². The lowest BCUT2D eigenvalue weighted by Crippen LogP contribution is -2.05. The van der Waals surface area contributed by atoms with E-state index in [1.165, 1.54) is 12.8 Å². The van der Waals surface area contributed by atoms with E-state index in [-0.39, 0.29) is 5.38 Å². The highest BCUT2D eigenvalue weighted by molar-refractivity contribution is 6.20. The number of unbranched alkanes of at least 4 members (excludes halogenated alkanes) is 2. The van der Waals surface area contributed by atoms with Gasteiger partial charge in [-0.3, -0.25) is 0 Å². The van der Waals surface area contributed by atoms with Crippen molar-refractivity contribution in [2.45, 2.75) is 52.0 Å². The first-order valence-corrected chi connectivity index (χ1v) is 7.04. The molecule has 1 atom stereocenters. The quantitative estimate of drug-likeness (QED) is 0.598. The zero-order chi connectivity index (χ0) is 13.1. The van der Waals surface area contributed by atoms with E-state index in [1.54, 1.807) is 0 Å². The number of fused-ring (bicyclic) bond motifs is 1. The molecule has 0 saturated heterocycles. The predicted molar refractivity (Wildman–Crippen MR) is 76.1 cm³/mol. The van der Waals surface area contributed by atoms with Crippen molar-refractivity contribution in [2.75, 3.05) is 0 Å². The summed E-state index contributed by atoms with van der Waals surface area (Å²) in [4.78, 5) is 9.12. The Labute approximate surface area is 113 Å². The van der Waals surface area contributed by atoms with E-state index in [4.69, 9.17) is 11.6 Å².